The molecule has 0 saturated heterocycles. The van der Waals surface area contributed by atoms with E-state index in [0.717, 1.165) is 36.6 Å². The minimum atomic E-state index is -0.452. The molecule has 144 valence electrons. The van der Waals surface area contributed by atoms with Gasteiger partial charge in [-0.3, -0.25) is 10.1 Å². The summed E-state index contributed by atoms with van der Waals surface area (Å²) < 4.78 is 5.52. The zero-order valence-electron chi connectivity index (χ0n) is 14.9. The Morgan fingerprint density at radius 3 is 2.70 bits per heavy atom. The molecule has 1 heterocycles. The molecule has 9 heteroatoms. The Morgan fingerprint density at radius 2 is 1.96 bits per heavy atom. The van der Waals surface area contributed by atoms with Crippen LogP contribution in [0.2, 0.25) is 5.02 Å². The van der Waals surface area contributed by atoms with Gasteiger partial charge in [0.15, 0.2) is 0 Å². The predicted molar refractivity (Wildman–Crippen MR) is 104 cm³/mol. The minimum Gasteiger partial charge on any atom is -0.411 e. The summed E-state index contributed by atoms with van der Waals surface area (Å²) >= 11 is 6.93. The van der Waals surface area contributed by atoms with Gasteiger partial charge in [-0.25, -0.2) is 4.79 Å². The van der Waals surface area contributed by atoms with Gasteiger partial charge in [-0.1, -0.05) is 43.1 Å². The SMILES string of the molecule is C[C@@H]1CCCC[C@H]1NC(=O)NC(=O)CSc1nnc(-c2ccc(Cl)cc2)o1. The largest absolute Gasteiger partial charge is 0.411 e. The summed E-state index contributed by atoms with van der Waals surface area (Å²) in [5.41, 5.74) is 0.740. The molecule has 0 bridgehead atoms. The first-order chi connectivity index (χ1) is 13.0. The second-order valence-electron chi connectivity index (χ2n) is 6.56. The molecule has 1 saturated carbocycles. The number of hydrogen-bond donors (Lipinski definition) is 2. The Hall–Kier alpha value is -2.06. The molecular weight excluding hydrogens is 388 g/mol. The fourth-order valence-electron chi connectivity index (χ4n) is 3.00. The van der Waals surface area contributed by atoms with E-state index in [4.69, 9.17) is 16.0 Å². The lowest BCUT2D eigenvalue weighted by molar-refractivity contribution is -0.117. The van der Waals surface area contributed by atoms with E-state index in [-0.39, 0.29) is 17.0 Å². The zero-order valence-corrected chi connectivity index (χ0v) is 16.5. The van der Waals surface area contributed by atoms with Crippen LogP contribution in [0.25, 0.3) is 11.5 Å². The third-order valence-corrected chi connectivity index (χ3v) is 5.58. The summed E-state index contributed by atoms with van der Waals surface area (Å²) in [5, 5.41) is 14.0. The van der Waals surface area contributed by atoms with Crippen molar-refractivity contribution in [2.45, 2.75) is 43.9 Å². The highest BCUT2D eigenvalue weighted by atomic mass is 35.5. The van der Waals surface area contributed by atoms with Gasteiger partial charge < -0.3 is 9.73 Å². The summed E-state index contributed by atoms with van der Waals surface area (Å²) in [6.07, 6.45) is 4.35. The number of imide groups is 1. The van der Waals surface area contributed by atoms with Crippen molar-refractivity contribution in [3.63, 3.8) is 0 Å². The molecule has 1 aromatic heterocycles. The predicted octanol–water partition coefficient (Wildman–Crippen LogP) is 3.89. The van der Waals surface area contributed by atoms with E-state index in [1.807, 2.05) is 0 Å². The Kier molecular flexibility index (Phi) is 6.73. The van der Waals surface area contributed by atoms with Crippen LogP contribution in [-0.2, 0) is 4.79 Å². The van der Waals surface area contributed by atoms with Crippen LogP contribution in [0.3, 0.4) is 0 Å². The van der Waals surface area contributed by atoms with Crippen molar-refractivity contribution in [1.29, 1.82) is 0 Å². The van der Waals surface area contributed by atoms with Crippen molar-refractivity contribution >= 4 is 35.3 Å². The highest BCUT2D eigenvalue weighted by molar-refractivity contribution is 7.99. The van der Waals surface area contributed by atoms with E-state index in [0.29, 0.717) is 16.8 Å². The van der Waals surface area contributed by atoms with Gasteiger partial charge in [-0.05, 0) is 43.0 Å². The highest BCUT2D eigenvalue weighted by Crippen LogP contribution is 2.25. The molecule has 1 aliphatic carbocycles. The molecule has 1 fully saturated rings. The van der Waals surface area contributed by atoms with Crippen LogP contribution in [0.4, 0.5) is 4.79 Å². The number of hydrogen-bond acceptors (Lipinski definition) is 6. The van der Waals surface area contributed by atoms with Crippen molar-refractivity contribution in [3.05, 3.63) is 29.3 Å². The molecule has 1 aromatic carbocycles. The molecule has 1 aliphatic rings. The first-order valence-corrected chi connectivity index (χ1v) is 10.2. The van der Waals surface area contributed by atoms with Gasteiger partial charge in [0.25, 0.3) is 5.22 Å². The van der Waals surface area contributed by atoms with E-state index in [1.165, 1.54) is 6.42 Å². The van der Waals surface area contributed by atoms with Crippen LogP contribution >= 0.6 is 23.4 Å². The maximum absolute atomic E-state index is 12.0. The van der Waals surface area contributed by atoms with Crippen LogP contribution in [0.15, 0.2) is 33.9 Å². The van der Waals surface area contributed by atoms with E-state index in [9.17, 15) is 9.59 Å². The Morgan fingerprint density at radius 1 is 1.22 bits per heavy atom. The smallest absolute Gasteiger partial charge is 0.321 e. The quantitative estimate of drug-likeness (QED) is 0.728. The van der Waals surface area contributed by atoms with Gasteiger partial charge in [0, 0.05) is 16.6 Å². The number of nitrogens with zero attached hydrogens (tertiary/aromatic N) is 2. The number of aromatic nitrogens is 2. The fraction of sp³-hybridized carbons (Fsp3) is 0.444. The normalized spacial score (nSPS) is 19.5. The molecule has 7 nitrogen and oxygen atoms in total. The van der Waals surface area contributed by atoms with Crippen LogP contribution in [-0.4, -0.2) is 33.9 Å². The van der Waals surface area contributed by atoms with E-state index in [2.05, 4.69) is 27.8 Å². The van der Waals surface area contributed by atoms with Gasteiger partial charge in [-0.2, -0.15) is 0 Å². The average molecular weight is 409 g/mol. The number of carbonyl (C=O) groups excluding carboxylic acids is 2. The first kappa shape index (κ1) is 19.7. The van der Waals surface area contributed by atoms with Crippen LogP contribution in [0, 0.1) is 5.92 Å². The first-order valence-electron chi connectivity index (χ1n) is 8.84. The summed E-state index contributed by atoms with van der Waals surface area (Å²) in [7, 11) is 0. The molecule has 27 heavy (non-hydrogen) atoms. The molecule has 0 aliphatic heterocycles. The van der Waals surface area contributed by atoms with Crippen molar-refractivity contribution in [3.8, 4) is 11.5 Å². The monoisotopic (exact) mass is 408 g/mol. The van der Waals surface area contributed by atoms with Gasteiger partial charge in [0.05, 0.1) is 5.75 Å². The number of urea groups is 1. The van der Waals surface area contributed by atoms with Gasteiger partial charge in [0.2, 0.25) is 11.8 Å². The van der Waals surface area contributed by atoms with Crippen molar-refractivity contribution in [1.82, 2.24) is 20.8 Å². The maximum Gasteiger partial charge on any atom is 0.321 e. The lowest BCUT2D eigenvalue weighted by Crippen LogP contribution is -2.48. The molecule has 0 unspecified atom stereocenters. The minimum absolute atomic E-state index is 0.00981. The second kappa shape index (κ2) is 9.23. The summed E-state index contributed by atoms with van der Waals surface area (Å²) in [5.74, 6) is 0.375. The molecular formula is C18H21ClN4O3S. The maximum atomic E-state index is 12.0. The van der Waals surface area contributed by atoms with Crippen LogP contribution < -0.4 is 10.6 Å². The summed E-state index contributed by atoms with van der Waals surface area (Å²) in [6, 6.07) is 6.67. The Labute approximate surface area is 166 Å². The van der Waals surface area contributed by atoms with Gasteiger partial charge in [0.1, 0.15) is 0 Å². The number of amides is 3. The van der Waals surface area contributed by atoms with E-state index < -0.39 is 11.9 Å². The number of benzene rings is 1. The Balaban J connectivity index is 1.45. The zero-order chi connectivity index (χ0) is 19.2. The number of rotatable bonds is 5. The molecule has 2 N–H and O–H groups in total. The standard InChI is InChI=1S/C18H21ClN4O3S/c1-11-4-2-3-5-14(11)20-17(25)21-15(24)10-27-18-23-22-16(26-18)12-6-8-13(19)9-7-12/h6-9,11,14H,2-5,10H2,1H3,(H2,20,21,24,25)/t11-,14-/m1/s1. The second-order valence-corrected chi connectivity index (χ2v) is 7.92. The van der Waals surface area contributed by atoms with Crippen molar-refractivity contribution < 1.29 is 14.0 Å². The number of thioether (sulfide) groups is 1. The molecule has 3 rings (SSSR count). The number of halogens is 1. The van der Waals surface area contributed by atoms with Gasteiger partial charge in [-0.15, -0.1) is 10.2 Å². The van der Waals surface area contributed by atoms with Crippen LogP contribution in [0.5, 0.6) is 0 Å². The summed E-state index contributed by atoms with van der Waals surface area (Å²) in [4.78, 5) is 23.9. The summed E-state index contributed by atoms with van der Waals surface area (Å²) in [6.45, 7) is 2.12. The molecule has 0 spiro atoms. The fourth-order valence-corrected chi connectivity index (χ4v) is 3.69. The third-order valence-electron chi connectivity index (χ3n) is 4.51. The lowest BCUT2D eigenvalue weighted by atomic mass is 9.86. The molecule has 0 radical (unpaired) electrons. The molecule has 2 atom stereocenters. The molecule has 2 aromatic rings. The highest BCUT2D eigenvalue weighted by Gasteiger charge is 2.23. The van der Waals surface area contributed by atoms with Crippen LogP contribution in [0.1, 0.15) is 32.6 Å². The lowest BCUT2D eigenvalue weighted by Gasteiger charge is -2.29. The van der Waals surface area contributed by atoms with E-state index in [1.54, 1.807) is 24.3 Å². The third kappa shape index (κ3) is 5.71. The van der Waals surface area contributed by atoms with E-state index >= 15 is 0 Å². The average Bonchev–Trinajstić information content (AvgIpc) is 3.11. The number of nitrogens with one attached hydrogen (secondary N) is 2. The van der Waals surface area contributed by atoms with Crippen molar-refractivity contribution in [2.24, 2.45) is 5.92 Å². The van der Waals surface area contributed by atoms with Gasteiger partial charge >= 0.3 is 6.03 Å². The molecule has 3 amide bonds. The van der Waals surface area contributed by atoms with Crippen molar-refractivity contribution in [2.75, 3.05) is 5.75 Å². The topological polar surface area (TPSA) is 97.1 Å². The number of carbonyl (C=O) groups is 2. The Bertz CT molecular complexity index is 796.